The third kappa shape index (κ3) is 1.29. The zero-order chi connectivity index (χ0) is 9.42. The topological polar surface area (TPSA) is 58.6 Å². The Morgan fingerprint density at radius 1 is 1.54 bits per heavy atom. The number of nitrogens with zero attached hydrogens (tertiary/aromatic N) is 2. The maximum atomic E-state index is 11.3. The van der Waals surface area contributed by atoms with Gasteiger partial charge in [0.1, 0.15) is 5.15 Å². The first-order valence-corrected chi connectivity index (χ1v) is 4.07. The lowest BCUT2D eigenvalue weighted by Gasteiger charge is -1.98. The van der Waals surface area contributed by atoms with Crippen molar-refractivity contribution in [1.29, 1.82) is 0 Å². The van der Waals surface area contributed by atoms with Crippen molar-refractivity contribution in [2.75, 3.05) is 0 Å². The van der Waals surface area contributed by atoms with Crippen LogP contribution in [0.4, 0.5) is 0 Å². The van der Waals surface area contributed by atoms with Crippen LogP contribution in [0, 0.1) is 6.92 Å². The molecule has 2 heterocycles. The van der Waals surface area contributed by atoms with Gasteiger partial charge in [0, 0.05) is 6.07 Å². The van der Waals surface area contributed by atoms with Gasteiger partial charge in [-0.15, -0.1) is 0 Å². The monoisotopic (exact) mass is 195 g/mol. The largest absolute Gasteiger partial charge is 0.313 e. The average Bonchev–Trinajstić information content (AvgIpc) is 2.02. The molecule has 0 bridgehead atoms. The summed E-state index contributed by atoms with van der Waals surface area (Å²) in [5, 5.41) is 0.843. The predicted octanol–water partition coefficient (Wildman–Crippen LogP) is 1.28. The molecule has 0 spiro atoms. The zero-order valence-corrected chi connectivity index (χ0v) is 7.59. The SMILES string of the molecule is Cc1nc(Cl)cc2nc[nH]c(=O)c12. The lowest BCUT2D eigenvalue weighted by Crippen LogP contribution is -2.08. The van der Waals surface area contributed by atoms with Crippen molar-refractivity contribution < 1.29 is 0 Å². The number of halogens is 1. The number of aromatic nitrogens is 3. The Balaban J connectivity index is 3.03. The van der Waals surface area contributed by atoms with Gasteiger partial charge in [-0.3, -0.25) is 4.79 Å². The normalized spacial score (nSPS) is 10.6. The number of hydrogen-bond donors (Lipinski definition) is 1. The van der Waals surface area contributed by atoms with Crippen LogP contribution in [0.15, 0.2) is 17.2 Å². The second kappa shape index (κ2) is 2.81. The Bertz CT molecular complexity index is 520. The van der Waals surface area contributed by atoms with Gasteiger partial charge in [-0.05, 0) is 6.92 Å². The molecule has 0 radical (unpaired) electrons. The molecule has 5 heteroatoms. The summed E-state index contributed by atoms with van der Waals surface area (Å²) in [6, 6.07) is 1.57. The number of rotatable bonds is 0. The summed E-state index contributed by atoms with van der Waals surface area (Å²) < 4.78 is 0. The Morgan fingerprint density at radius 2 is 2.31 bits per heavy atom. The fourth-order valence-electron chi connectivity index (χ4n) is 1.23. The molecule has 0 fully saturated rings. The summed E-state index contributed by atoms with van der Waals surface area (Å²) >= 11 is 5.71. The molecule has 1 N–H and O–H groups in total. The molecule has 4 nitrogen and oxygen atoms in total. The second-order valence-corrected chi connectivity index (χ2v) is 3.04. The number of fused-ring (bicyclic) bond motifs is 1. The number of nitrogens with one attached hydrogen (secondary N) is 1. The van der Waals surface area contributed by atoms with E-state index in [9.17, 15) is 4.79 Å². The zero-order valence-electron chi connectivity index (χ0n) is 6.84. The van der Waals surface area contributed by atoms with Crippen LogP contribution in [0.25, 0.3) is 10.9 Å². The third-order valence-corrected chi connectivity index (χ3v) is 1.97. The van der Waals surface area contributed by atoms with E-state index in [4.69, 9.17) is 11.6 Å². The molecule has 2 aromatic rings. The van der Waals surface area contributed by atoms with Gasteiger partial charge in [0.2, 0.25) is 0 Å². The van der Waals surface area contributed by atoms with Crippen molar-refractivity contribution in [3.63, 3.8) is 0 Å². The minimum Gasteiger partial charge on any atom is -0.313 e. The molecule has 0 aliphatic rings. The average molecular weight is 196 g/mol. The first-order valence-electron chi connectivity index (χ1n) is 3.69. The summed E-state index contributed by atoms with van der Waals surface area (Å²) in [7, 11) is 0. The first kappa shape index (κ1) is 8.19. The van der Waals surface area contributed by atoms with Gasteiger partial charge in [-0.2, -0.15) is 0 Å². The Labute approximate surface area is 78.6 Å². The van der Waals surface area contributed by atoms with E-state index in [0.29, 0.717) is 21.7 Å². The minimum atomic E-state index is -0.188. The van der Waals surface area contributed by atoms with Crippen molar-refractivity contribution in [3.8, 4) is 0 Å². The maximum Gasteiger partial charge on any atom is 0.260 e. The highest BCUT2D eigenvalue weighted by molar-refractivity contribution is 6.30. The molecule has 2 rings (SSSR count). The molecule has 0 unspecified atom stereocenters. The molecule has 0 aromatic carbocycles. The van der Waals surface area contributed by atoms with Crippen molar-refractivity contribution in [1.82, 2.24) is 15.0 Å². The number of pyridine rings is 1. The van der Waals surface area contributed by atoms with E-state index in [1.165, 1.54) is 6.33 Å². The van der Waals surface area contributed by atoms with E-state index in [2.05, 4.69) is 15.0 Å². The van der Waals surface area contributed by atoms with Gasteiger partial charge in [0.15, 0.2) is 0 Å². The van der Waals surface area contributed by atoms with Gasteiger partial charge in [0.25, 0.3) is 5.56 Å². The van der Waals surface area contributed by atoms with Crippen molar-refractivity contribution >= 4 is 22.5 Å². The molecule has 0 atom stereocenters. The summed E-state index contributed by atoms with van der Waals surface area (Å²) in [6.07, 6.45) is 1.35. The number of aromatic amines is 1. The van der Waals surface area contributed by atoms with E-state index in [1.807, 2.05) is 0 Å². The summed E-state index contributed by atoms with van der Waals surface area (Å²) in [5.74, 6) is 0. The summed E-state index contributed by atoms with van der Waals surface area (Å²) in [6.45, 7) is 1.73. The quantitative estimate of drug-likeness (QED) is 0.645. The smallest absolute Gasteiger partial charge is 0.260 e. The van der Waals surface area contributed by atoms with Crippen LogP contribution in [0.3, 0.4) is 0 Å². The predicted molar refractivity (Wildman–Crippen MR) is 49.9 cm³/mol. The van der Waals surface area contributed by atoms with Gasteiger partial charge < -0.3 is 4.98 Å². The van der Waals surface area contributed by atoms with E-state index >= 15 is 0 Å². The summed E-state index contributed by atoms with van der Waals surface area (Å²) in [5.41, 5.74) is 0.977. The molecular weight excluding hydrogens is 190 g/mol. The molecule has 2 aromatic heterocycles. The van der Waals surface area contributed by atoms with Gasteiger partial charge in [-0.1, -0.05) is 11.6 Å². The van der Waals surface area contributed by atoms with Crippen molar-refractivity contribution in [2.24, 2.45) is 0 Å². The number of aryl methyl sites for hydroxylation is 1. The van der Waals surface area contributed by atoms with Crippen molar-refractivity contribution in [2.45, 2.75) is 6.92 Å². The van der Waals surface area contributed by atoms with Crippen LogP contribution < -0.4 is 5.56 Å². The first-order chi connectivity index (χ1) is 6.18. The molecular formula is C8H6ClN3O. The second-order valence-electron chi connectivity index (χ2n) is 2.66. The molecule has 0 saturated heterocycles. The van der Waals surface area contributed by atoms with Crippen LogP contribution in [-0.4, -0.2) is 15.0 Å². The third-order valence-electron chi connectivity index (χ3n) is 1.77. The van der Waals surface area contributed by atoms with Gasteiger partial charge in [-0.25, -0.2) is 9.97 Å². The van der Waals surface area contributed by atoms with Crippen LogP contribution in [0.2, 0.25) is 5.15 Å². The van der Waals surface area contributed by atoms with Crippen LogP contribution in [0.1, 0.15) is 5.69 Å². The molecule has 0 amide bonds. The highest BCUT2D eigenvalue weighted by Crippen LogP contribution is 2.14. The summed E-state index contributed by atoms with van der Waals surface area (Å²) in [4.78, 5) is 21.8. The van der Waals surface area contributed by atoms with E-state index in [1.54, 1.807) is 13.0 Å². The fraction of sp³-hybridized carbons (Fsp3) is 0.125. The van der Waals surface area contributed by atoms with E-state index in [-0.39, 0.29) is 5.56 Å². The van der Waals surface area contributed by atoms with Gasteiger partial charge in [0.05, 0.1) is 22.9 Å². The highest BCUT2D eigenvalue weighted by Gasteiger charge is 2.04. The lowest BCUT2D eigenvalue weighted by atomic mass is 10.2. The fourth-order valence-corrected chi connectivity index (χ4v) is 1.46. The van der Waals surface area contributed by atoms with Crippen LogP contribution in [0.5, 0.6) is 0 Å². The molecule has 0 saturated carbocycles. The van der Waals surface area contributed by atoms with Gasteiger partial charge >= 0.3 is 0 Å². The van der Waals surface area contributed by atoms with Crippen LogP contribution >= 0.6 is 11.6 Å². The van der Waals surface area contributed by atoms with Crippen LogP contribution in [-0.2, 0) is 0 Å². The Morgan fingerprint density at radius 3 is 3.08 bits per heavy atom. The lowest BCUT2D eigenvalue weighted by molar-refractivity contribution is 1.14. The number of H-pyrrole nitrogens is 1. The molecule has 0 aliphatic heterocycles. The molecule has 13 heavy (non-hydrogen) atoms. The van der Waals surface area contributed by atoms with Crippen molar-refractivity contribution in [3.05, 3.63) is 33.6 Å². The maximum absolute atomic E-state index is 11.3. The molecule has 0 aliphatic carbocycles. The minimum absolute atomic E-state index is 0.188. The molecule has 66 valence electrons. The Hall–Kier alpha value is -1.42. The highest BCUT2D eigenvalue weighted by atomic mass is 35.5. The van der Waals surface area contributed by atoms with E-state index in [0.717, 1.165) is 0 Å². The number of hydrogen-bond acceptors (Lipinski definition) is 3. The van der Waals surface area contributed by atoms with E-state index < -0.39 is 0 Å². The standard InChI is InChI=1S/C8H6ClN3O/c1-4-7-5(2-6(9)12-4)10-3-11-8(7)13/h2-3H,1H3,(H,10,11,13). The Kier molecular flexibility index (Phi) is 1.77.